The van der Waals surface area contributed by atoms with Gasteiger partial charge in [0, 0.05) is 25.9 Å². The van der Waals surface area contributed by atoms with Crippen molar-refractivity contribution in [1.29, 1.82) is 0 Å². The summed E-state index contributed by atoms with van der Waals surface area (Å²) in [5.41, 5.74) is 0.427. The minimum Gasteiger partial charge on any atom is -0.379 e. The molecule has 1 aliphatic rings. The molecular weight excluding hydrogens is 276 g/mol. The Morgan fingerprint density at radius 2 is 1.35 bits per heavy atom. The highest BCUT2D eigenvalue weighted by Gasteiger charge is 2.49. The molecule has 0 saturated heterocycles. The lowest BCUT2D eigenvalue weighted by Gasteiger charge is -2.32. The number of ether oxygens (including phenoxy) is 2. The van der Waals surface area contributed by atoms with E-state index >= 15 is 0 Å². The summed E-state index contributed by atoms with van der Waals surface area (Å²) in [7, 11) is -0.882. The fourth-order valence-corrected chi connectivity index (χ4v) is 5.59. The Hall–Kier alpha value is 0.0169. The van der Waals surface area contributed by atoms with Gasteiger partial charge in [0.15, 0.2) is 0 Å². The molecule has 0 radical (unpaired) electrons. The summed E-state index contributed by atoms with van der Waals surface area (Å²) in [6.07, 6.45) is 4.77. The lowest BCUT2D eigenvalue weighted by Crippen LogP contribution is -2.50. The molecule has 0 atom stereocenters. The molecule has 6 heteroatoms. The molecule has 20 heavy (non-hydrogen) atoms. The maximum Gasteiger partial charge on any atom is 0.504 e. The molecule has 0 unspecified atom stereocenters. The molecule has 0 aliphatic heterocycles. The van der Waals surface area contributed by atoms with Gasteiger partial charge in [-0.2, -0.15) is 0 Å². The topological polar surface area (TPSA) is 46.2 Å². The monoisotopic (exact) mass is 306 g/mol. The van der Waals surface area contributed by atoms with E-state index in [2.05, 4.69) is 0 Å². The Morgan fingerprint density at radius 1 is 0.850 bits per heavy atom. The third-order valence-electron chi connectivity index (χ3n) is 3.61. The van der Waals surface area contributed by atoms with Crippen molar-refractivity contribution in [2.75, 3.05) is 46.8 Å². The normalized spacial score (nSPS) is 16.9. The lowest BCUT2D eigenvalue weighted by atomic mass is 10.4. The van der Waals surface area contributed by atoms with Crippen LogP contribution in [-0.4, -0.2) is 55.6 Å². The minimum absolute atomic E-state index is 0.427. The molecule has 0 heterocycles. The molecule has 1 aliphatic carbocycles. The van der Waals surface area contributed by atoms with Gasteiger partial charge in [0.25, 0.3) is 0 Å². The summed E-state index contributed by atoms with van der Waals surface area (Å²) >= 11 is 0. The quantitative estimate of drug-likeness (QED) is 0.410. The van der Waals surface area contributed by atoms with Gasteiger partial charge in [0.1, 0.15) is 0 Å². The second-order valence-electron chi connectivity index (χ2n) is 4.88. The van der Waals surface area contributed by atoms with Gasteiger partial charge in [0.05, 0.1) is 26.4 Å². The molecule has 0 aromatic heterocycles. The Labute approximate surface area is 124 Å². The highest BCUT2D eigenvalue weighted by Crippen LogP contribution is 2.39. The summed E-state index contributed by atoms with van der Waals surface area (Å²) in [6, 6.07) is 0. The number of rotatable bonds is 12. The van der Waals surface area contributed by atoms with Crippen molar-refractivity contribution < 1.29 is 22.8 Å². The van der Waals surface area contributed by atoms with Crippen LogP contribution in [0.5, 0.6) is 0 Å². The van der Waals surface area contributed by atoms with Crippen LogP contribution in [0.3, 0.4) is 0 Å². The van der Waals surface area contributed by atoms with Crippen molar-refractivity contribution >= 4 is 8.80 Å². The van der Waals surface area contributed by atoms with Crippen LogP contribution in [0.15, 0.2) is 0 Å². The predicted molar refractivity (Wildman–Crippen MR) is 79.9 cm³/mol. The second kappa shape index (κ2) is 10.7. The SMILES string of the molecule is CCOCCO[Si](OC)(OCCOCC)C1CCCC1. The van der Waals surface area contributed by atoms with Crippen LogP contribution >= 0.6 is 0 Å². The summed E-state index contributed by atoms with van der Waals surface area (Å²) < 4.78 is 28.6. The van der Waals surface area contributed by atoms with E-state index in [-0.39, 0.29) is 0 Å². The standard InChI is InChI=1S/C14H30O5Si/c1-4-16-10-12-18-20(15-3,14-8-6-7-9-14)19-13-11-17-5-2/h14H,4-13H2,1-3H3. The third kappa shape index (κ3) is 5.79. The molecule has 5 nitrogen and oxygen atoms in total. The molecular formula is C14H30O5Si. The second-order valence-corrected chi connectivity index (χ2v) is 7.89. The van der Waals surface area contributed by atoms with Gasteiger partial charge < -0.3 is 22.8 Å². The van der Waals surface area contributed by atoms with Gasteiger partial charge in [-0.1, -0.05) is 12.8 Å². The van der Waals surface area contributed by atoms with Crippen molar-refractivity contribution in [3.8, 4) is 0 Å². The van der Waals surface area contributed by atoms with Crippen LogP contribution in [0.4, 0.5) is 0 Å². The van der Waals surface area contributed by atoms with Crippen LogP contribution in [0.1, 0.15) is 39.5 Å². The fourth-order valence-electron chi connectivity index (χ4n) is 2.62. The van der Waals surface area contributed by atoms with Crippen molar-refractivity contribution in [2.45, 2.75) is 45.1 Å². The molecule has 1 rings (SSSR count). The van der Waals surface area contributed by atoms with E-state index in [1.165, 1.54) is 12.8 Å². The lowest BCUT2D eigenvalue weighted by molar-refractivity contribution is 0.0191. The molecule has 0 bridgehead atoms. The summed E-state index contributed by atoms with van der Waals surface area (Å²) in [4.78, 5) is 0. The van der Waals surface area contributed by atoms with E-state index in [1.54, 1.807) is 7.11 Å². The van der Waals surface area contributed by atoms with E-state index in [4.69, 9.17) is 22.8 Å². The average Bonchev–Trinajstić information content (AvgIpc) is 3.01. The molecule has 1 saturated carbocycles. The maximum absolute atomic E-state index is 6.06. The summed E-state index contributed by atoms with van der Waals surface area (Å²) in [5, 5.41) is 0. The van der Waals surface area contributed by atoms with E-state index in [1.807, 2.05) is 13.8 Å². The van der Waals surface area contributed by atoms with Gasteiger partial charge in [-0.05, 0) is 26.7 Å². The van der Waals surface area contributed by atoms with Crippen LogP contribution in [-0.2, 0) is 22.8 Å². The van der Waals surface area contributed by atoms with Crippen molar-refractivity contribution in [1.82, 2.24) is 0 Å². The Morgan fingerprint density at radius 3 is 1.75 bits per heavy atom. The van der Waals surface area contributed by atoms with E-state index in [9.17, 15) is 0 Å². The average molecular weight is 306 g/mol. The Balaban J connectivity index is 2.49. The van der Waals surface area contributed by atoms with Crippen molar-refractivity contribution in [3.63, 3.8) is 0 Å². The number of hydrogen-bond donors (Lipinski definition) is 0. The first-order valence-electron chi connectivity index (χ1n) is 7.77. The van der Waals surface area contributed by atoms with Gasteiger partial charge in [-0.3, -0.25) is 0 Å². The zero-order valence-electron chi connectivity index (χ0n) is 13.2. The zero-order valence-corrected chi connectivity index (χ0v) is 14.2. The smallest absolute Gasteiger partial charge is 0.379 e. The van der Waals surface area contributed by atoms with E-state index in [0.29, 0.717) is 45.2 Å². The zero-order chi connectivity index (χ0) is 14.7. The van der Waals surface area contributed by atoms with E-state index in [0.717, 1.165) is 12.8 Å². The van der Waals surface area contributed by atoms with Crippen molar-refractivity contribution in [3.05, 3.63) is 0 Å². The van der Waals surface area contributed by atoms with Gasteiger partial charge in [-0.15, -0.1) is 0 Å². The molecule has 0 spiro atoms. The highest BCUT2D eigenvalue weighted by atomic mass is 28.4. The molecule has 0 N–H and O–H groups in total. The van der Waals surface area contributed by atoms with Crippen LogP contribution < -0.4 is 0 Å². The highest BCUT2D eigenvalue weighted by molar-refractivity contribution is 6.62. The molecule has 0 aromatic carbocycles. The molecule has 120 valence electrons. The van der Waals surface area contributed by atoms with Crippen molar-refractivity contribution in [2.24, 2.45) is 0 Å². The van der Waals surface area contributed by atoms with Gasteiger partial charge in [0.2, 0.25) is 0 Å². The number of hydrogen-bond acceptors (Lipinski definition) is 5. The van der Waals surface area contributed by atoms with Crippen LogP contribution in [0, 0.1) is 0 Å². The Kier molecular flexibility index (Phi) is 9.67. The van der Waals surface area contributed by atoms with E-state index < -0.39 is 8.80 Å². The van der Waals surface area contributed by atoms with Crippen LogP contribution in [0.25, 0.3) is 0 Å². The maximum atomic E-state index is 6.06. The third-order valence-corrected chi connectivity index (χ3v) is 6.97. The minimum atomic E-state index is -2.60. The molecule has 1 fully saturated rings. The molecule has 0 aromatic rings. The first-order chi connectivity index (χ1) is 9.79. The fraction of sp³-hybridized carbons (Fsp3) is 1.00. The predicted octanol–water partition coefficient (Wildman–Crippen LogP) is 2.62. The summed E-state index contributed by atoms with van der Waals surface area (Å²) in [6.45, 7) is 7.65. The molecule has 0 amide bonds. The van der Waals surface area contributed by atoms with Crippen LogP contribution in [0.2, 0.25) is 5.54 Å². The van der Waals surface area contributed by atoms with Gasteiger partial charge in [-0.25, -0.2) is 0 Å². The summed E-state index contributed by atoms with van der Waals surface area (Å²) in [5.74, 6) is 0. The van der Waals surface area contributed by atoms with Gasteiger partial charge >= 0.3 is 8.80 Å². The largest absolute Gasteiger partial charge is 0.504 e. The Bertz CT molecular complexity index is 222. The first-order valence-corrected chi connectivity index (χ1v) is 9.57. The first kappa shape index (κ1) is 18.1.